The summed E-state index contributed by atoms with van der Waals surface area (Å²) in [6, 6.07) is 13.6. The van der Waals surface area contributed by atoms with Crippen molar-refractivity contribution in [1.82, 2.24) is 5.43 Å². The molecular weight excluding hydrogens is 391 g/mol. The molecule has 2 heterocycles. The van der Waals surface area contributed by atoms with Gasteiger partial charge in [-0.25, -0.2) is 5.43 Å². The fourth-order valence-electron chi connectivity index (χ4n) is 2.52. The Hall–Kier alpha value is -2.96. The Morgan fingerprint density at radius 2 is 1.93 bits per heavy atom. The van der Waals surface area contributed by atoms with Crippen LogP contribution in [-0.2, 0) is 0 Å². The molecule has 6 nitrogen and oxygen atoms in total. The second-order valence-corrected chi connectivity index (χ2v) is 6.36. The number of halogens is 2. The maximum absolute atomic E-state index is 12.2. The first kappa shape index (κ1) is 17.5. The lowest BCUT2D eigenvalue weighted by atomic mass is 10.2. The molecule has 4 rings (SSSR count). The number of furan rings is 1. The summed E-state index contributed by atoms with van der Waals surface area (Å²) in [4.78, 5) is 12.2. The molecule has 27 heavy (non-hydrogen) atoms. The average molecular weight is 403 g/mol. The zero-order chi connectivity index (χ0) is 18.8. The first-order chi connectivity index (χ1) is 13.1. The zero-order valence-electron chi connectivity index (χ0n) is 13.7. The summed E-state index contributed by atoms with van der Waals surface area (Å²) >= 11 is 12.2. The van der Waals surface area contributed by atoms with Crippen LogP contribution in [-0.4, -0.2) is 18.9 Å². The lowest BCUT2D eigenvalue weighted by Gasteiger charge is -2.02. The molecule has 0 fully saturated rings. The Kier molecular flexibility index (Phi) is 4.75. The standard InChI is InChI=1S/C19H12Cl2N2O4/c20-14-3-1-2-13(18(14)21)15-7-5-12(27-15)9-22-23-19(24)11-4-6-16-17(8-11)26-10-25-16/h1-9H,10H2,(H,23,24). The number of carbonyl (C=O) groups excluding carboxylic acids is 1. The SMILES string of the molecule is O=C(NN=Cc1ccc(-c2cccc(Cl)c2Cl)o1)c1ccc2c(c1)OCO2. The molecule has 0 bridgehead atoms. The highest BCUT2D eigenvalue weighted by Crippen LogP contribution is 2.34. The molecule has 8 heteroatoms. The summed E-state index contributed by atoms with van der Waals surface area (Å²) in [7, 11) is 0. The molecule has 1 aliphatic heterocycles. The third kappa shape index (κ3) is 3.63. The number of amides is 1. The summed E-state index contributed by atoms with van der Waals surface area (Å²) in [5.74, 6) is 1.76. The summed E-state index contributed by atoms with van der Waals surface area (Å²) in [6.45, 7) is 0.149. The van der Waals surface area contributed by atoms with Crippen molar-refractivity contribution >= 4 is 35.3 Å². The van der Waals surface area contributed by atoms with Gasteiger partial charge in [0.15, 0.2) is 11.5 Å². The molecule has 1 N–H and O–H groups in total. The molecule has 1 amide bonds. The zero-order valence-corrected chi connectivity index (χ0v) is 15.3. The van der Waals surface area contributed by atoms with E-state index in [2.05, 4.69) is 10.5 Å². The van der Waals surface area contributed by atoms with Gasteiger partial charge in [-0.3, -0.25) is 4.79 Å². The topological polar surface area (TPSA) is 73.1 Å². The van der Waals surface area contributed by atoms with Crippen molar-refractivity contribution in [3.05, 3.63) is 69.9 Å². The number of hydrazone groups is 1. The Bertz CT molecular complexity index is 1050. The van der Waals surface area contributed by atoms with Crippen LogP contribution in [0.3, 0.4) is 0 Å². The molecule has 0 atom stereocenters. The van der Waals surface area contributed by atoms with Gasteiger partial charge in [0.05, 0.1) is 16.3 Å². The number of hydrogen-bond donors (Lipinski definition) is 1. The molecule has 136 valence electrons. The van der Waals surface area contributed by atoms with Crippen LogP contribution in [0.2, 0.25) is 10.0 Å². The predicted octanol–water partition coefficient (Wildman–Crippen LogP) is 4.75. The van der Waals surface area contributed by atoms with Gasteiger partial charge in [0, 0.05) is 11.1 Å². The molecule has 0 aliphatic carbocycles. The van der Waals surface area contributed by atoms with Crippen LogP contribution >= 0.6 is 23.2 Å². The van der Waals surface area contributed by atoms with Crippen LogP contribution < -0.4 is 14.9 Å². The number of benzene rings is 2. The van der Waals surface area contributed by atoms with Crippen LogP contribution in [0.4, 0.5) is 0 Å². The normalized spacial score (nSPS) is 12.5. The largest absolute Gasteiger partial charge is 0.455 e. The number of rotatable bonds is 4. The van der Waals surface area contributed by atoms with E-state index in [1.54, 1.807) is 48.5 Å². The van der Waals surface area contributed by atoms with E-state index in [0.717, 1.165) is 0 Å². The van der Waals surface area contributed by atoms with Crippen LogP contribution in [0.15, 0.2) is 58.0 Å². The second-order valence-electron chi connectivity index (χ2n) is 5.57. The average Bonchev–Trinajstić information content (AvgIpc) is 3.32. The number of nitrogens with zero attached hydrogens (tertiary/aromatic N) is 1. The minimum Gasteiger partial charge on any atom is -0.455 e. The molecule has 1 aromatic heterocycles. The number of nitrogens with one attached hydrogen (secondary N) is 1. The lowest BCUT2D eigenvalue weighted by Crippen LogP contribution is -2.17. The van der Waals surface area contributed by atoms with Gasteiger partial charge in [-0.1, -0.05) is 29.3 Å². The van der Waals surface area contributed by atoms with Gasteiger partial charge < -0.3 is 13.9 Å². The van der Waals surface area contributed by atoms with Crippen LogP contribution in [0.25, 0.3) is 11.3 Å². The molecule has 1 aliphatic rings. The summed E-state index contributed by atoms with van der Waals surface area (Å²) in [5, 5.41) is 4.76. The van der Waals surface area contributed by atoms with Gasteiger partial charge in [-0.15, -0.1) is 0 Å². The van der Waals surface area contributed by atoms with E-state index >= 15 is 0 Å². The van der Waals surface area contributed by atoms with Crippen molar-refractivity contribution in [1.29, 1.82) is 0 Å². The molecule has 2 aromatic carbocycles. The first-order valence-corrected chi connectivity index (χ1v) is 8.65. The van der Waals surface area contributed by atoms with Gasteiger partial charge in [0.2, 0.25) is 6.79 Å². The number of fused-ring (bicyclic) bond motifs is 1. The van der Waals surface area contributed by atoms with Crippen molar-refractivity contribution < 1.29 is 18.7 Å². The molecule has 0 saturated heterocycles. The predicted molar refractivity (Wildman–Crippen MR) is 102 cm³/mol. The molecule has 3 aromatic rings. The highest BCUT2D eigenvalue weighted by atomic mass is 35.5. The van der Waals surface area contributed by atoms with Gasteiger partial charge in [-0.2, -0.15) is 5.10 Å². The van der Waals surface area contributed by atoms with Crippen LogP contribution in [0.1, 0.15) is 16.1 Å². The summed E-state index contributed by atoms with van der Waals surface area (Å²) < 4.78 is 16.1. The minimum absolute atomic E-state index is 0.149. The van der Waals surface area contributed by atoms with Crippen molar-refractivity contribution in [2.24, 2.45) is 5.10 Å². The van der Waals surface area contributed by atoms with Crippen LogP contribution in [0, 0.1) is 0 Å². The molecule has 0 radical (unpaired) electrons. The Morgan fingerprint density at radius 1 is 1.07 bits per heavy atom. The van der Waals surface area contributed by atoms with E-state index in [4.69, 9.17) is 37.1 Å². The summed E-state index contributed by atoms with van der Waals surface area (Å²) in [6.07, 6.45) is 1.40. The Labute approximate surface area is 164 Å². The van der Waals surface area contributed by atoms with E-state index in [1.165, 1.54) is 6.21 Å². The highest BCUT2D eigenvalue weighted by molar-refractivity contribution is 6.43. The molecule has 0 spiro atoms. The van der Waals surface area contributed by atoms with Crippen molar-refractivity contribution in [2.45, 2.75) is 0 Å². The molecular formula is C19H12Cl2N2O4. The van der Waals surface area contributed by atoms with Gasteiger partial charge in [0.1, 0.15) is 11.5 Å². The quantitative estimate of drug-likeness (QED) is 0.504. The summed E-state index contributed by atoms with van der Waals surface area (Å²) in [5.41, 5.74) is 3.51. The maximum atomic E-state index is 12.2. The lowest BCUT2D eigenvalue weighted by molar-refractivity contribution is 0.0954. The Morgan fingerprint density at radius 3 is 2.81 bits per heavy atom. The highest BCUT2D eigenvalue weighted by Gasteiger charge is 2.16. The van der Waals surface area contributed by atoms with E-state index < -0.39 is 0 Å². The van der Waals surface area contributed by atoms with E-state index in [1.807, 2.05) is 0 Å². The molecule has 0 unspecified atom stereocenters. The minimum atomic E-state index is -0.380. The van der Waals surface area contributed by atoms with Gasteiger partial charge >= 0.3 is 0 Å². The molecule has 0 saturated carbocycles. The maximum Gasteiger partial charge on any atom is 0.271 e. The number of carbonyl (C=O) groups is 1. The Balaban J connectivity index is 1.44. The fraction of sp³-hybridized carbons (Fsp3) is 0.0526. The third-order valence-electron chi connectivity index (χ3n) is 3.84. The number of ether oxygens (including phenoxy) is 2. The van der Waals surface area contributed by atoms with Gasteiger partial charge in [-0.05, 0) is 42.5 Å². The third-order valence-corrected chi connectivity index (χ3v) is 4.66. The first-order valence-electron chi connectivity index (χ1n) is 7.89. The van der Waals surface area contributed by atoms with Crippen LogP contribution in [0.5, 0.6) is 11.5 Å². The van der Waals surface area contributed by atoms with E-state index in [0.29, 0.717) is 44.2 Å². The van der Waals surface area contributed by atoms with E-state index in [-0.39, 0.29) is 12.7 Å². The second kappa shape index (κ2) is 7.34. The van der Waals surface area contributed by atoms with E-state index in [9.17, 15) is 4.79 Å². The fourth-order valence-corrected chi connectivity index (χ4v) is 2.91. The van der Waals surface area contributed by atoms with Crippen molar-refractivity contribution in [3.63, 3.8) is 0 Å². The van der Waals surface area contributed by atoms with Crippen molar-refractivity contribution in [3.8, 4) is 22.8 Å². The van der Waals surface area contributed by atoms with Gasteiger partial charge in [0.25, 0.3) is 5.91 Å². The smallest absolute Gasteiger partial charge is 0.271 e. The van der Waals surface area contributed by atoms with Crippen molar-refractivity contribution in [2.75, 3.05) is 6.79 Å². The monoisotopic (exact) mass is 402 g/mol. The number of hydrogen-bond acceptors (Lipinski definition) is 5.